The summed E-state index contributed by atoms with van der Waals surface area (Å²) in [5, 5.41) is 10.9. The maximum atomic E-state index is 13.7. The first kappa shape index (κ1) is 12.0. The van der Waals surface area contributed by atoms with Crippen LogP contribution >= 0.6 is 11.3 Å². The maximum absolute atomic E-state index is 13.7. The van der Waals surface area contributed by atoms with Crippen molar-refractivity contribution < 1.29 is 9.50 Å². The van der Waals surface area contributed by atoms with Crippen LogP contribution in [-0.2, 0) is 13.2 Å². The highest BCUT2D eigenvalue weighted by atomic mass is 32.1. The molecule has 1 heterocycles. The van der Waals surface area contributed by atoms with E-state index in [0.29, 0.717) is 17.8 Å². The Kier molecular flexibility index (Phi) is 3.71. The predicted molar refractivity (Wildman–Crippen MR) is 66.5 cm³/mol. The average Bonchev–Trinajstić information content (AvgIpc) is 2.81. The number of aliphatic hydroxyl groups is 1. The summed E-state index contributed by atoms with van der Waals surface area (Å²) < 4.78 is 13.7. The van der Waals surface area contributed by atoms with E-state index in [2.05, 4.69) is 4.98 Å². The summed E-state index contributed by atoms with van der Waals surface area (Å²) in [6.45, 7) is 0.423. The number of hydrogen-bond acceptors (Lipinski definition) is 4. The molecule has 2 aromatic rings. The van der Waals surface area contributed by atoms with Gasteiger partial charge >= 0.3 is 0 Å². The molecule has 0 unspecified atom stereocenters. The minimum Gasteiger partial charge on any atom is -0.392 e. The molecule has 0 aliphatic carbocycles. The molecule has 17 heavy (non-hydrogen) atoms. The maximum Gasteiger partial charge on any atom is 0.146 e. The highest BCUT2D eigenvalue weighted by Crippen LogP contribution is 2.21. The third-order valence-corrected chi connectivity index (χ3v) is 3.12. The van der Waals surface area contributed by atoms with Crippen molar-refractivity contribution >= 4 is 17.0 Å². The Hall–Kier alpha value is -1.46. The highest BCUT2D eigenvalue weighted by molar-refractivity contribution is 7.07. The van der Waals surface area contributed by atoms with Crippen LogP contribution in [-0.4, -0.2) is 17.1 Å². The van der Waals surface area contributed by atoms with Crippen LogP contribution in [0.1, 0.15) is 11.3 Å². The van der Waals surface area contributed by atoms with Gasteiger partial charge in [0, 0.05) is 12.4 Å². The molecule has 0 radical (unpaired) electrons. The molecule has 0 saturated carbocycles. The van der Waals surface area contributed by atoms with Crippen LogP contribution in [0, 0.1) is 5.82 Å². The molecule has 5 heteroatoms. The largest absolute Gasteiger partial charge is 0.392 e. The van der Waals surface area contributed by atoms with E-state index in [4.69, 9.17) is 5.11 Å². The Balaban J connectivity index is 2.16. The van der Waals surface area contributed by atoms with Crippen molar-refractivity contribution in [2.45, 2.75) is 13.2 Å². The molecule has 0 aliphatic rings. The fourth-order valence-electron chi connectivity index (χ4n) is 1.60. The number of rotatable bonds is 4. The van der Waals surface area contributed by atoms with Gasteiger partial charge in [-0.15, -0.1) is 11.3 Å². The third-order valence-electron chi connectivity index (χ3n) is 2.49. The highest BCUT2D eigenvalue weighted by Gasteiger charge is 2.09. The summed E-state index contributed by atoms with van der Waals surface area (Å²) in [4.78, 5) is 5.96. The van der Waals surface area contributed by atoms with Gasteiger partial charge in [0.15, 0.2) is 0 Å². The van der Waals surface area contributed by atoms with Crippen LogP contribution in [0.25, 0.3) is 0 Å². The zero-order valence-corrected chi connectivity index (χ0v) is 10.2. The molecular formula is C12H13FN2OS. The fourth-order valence-corrected chi connectivity index (χ4v) is 2.15. The quantitative estimate of drug-likeness (QED) is 0.907. The van der Waals surface area contributed by atoms with E-state index in [1.807, 2.05) is 12.4 Å². The van der Waals surface area contributed by atoms with Gasteiger partial charge in [0.2, 0.25) is 0 Å². The smallest absolute Gasteiger partial charge is 0.146 e. The molecular weight excluding hydrogens is 239 g/mol. The Bertz CT molecular complexity index is 487. The van der Waals surface area contributed by atoms with E-state index >= 15 is 0 Å². The normalized spacial score (nSPS) is 10.5. The third kappa shape index (κ3) is 2.81. The molecule has 0 atom stereocenters. The molecule has 0 saturated heterocycles. The molecule has 1 aromatic heterocycles. The lowest BCUT2D eigenvalue weighted by molar-refractivity contribution is 0.281. The summed E-state index contributed by atoms with van der Waals surface area (Å²) >= 11 is 1.52. The number of benzene rings is 1. The first-order valence-electron chi connectivity index (χ1n) is 5.18. The van der Waals surface area contributed by atoms with Crippen molar-refractivity contribution in [3.63, 3.8) is 0 Å². The van der Waals surface area contributed by atoms with Crippen LogP contribution < -0.4 is 4.90 Å². The summed E-state index contributed by atoms with van der Waals surface area (Å²) in [6, 6.07) is 4.75. The molecule has 0 fully saturated rings. The number of nitrogens with zero attached hydrogens (tertiary/aromatic N) is 2. The van der Waals surface area contributed by atoms with Crippen LogP contribution in [0.3, 0.4) is 0 Å². The number of anilines is 1. The van der Waals surface area contributed by atoms with E-state index in [0.717, 1.165) is 5.69 Å². The topological polar surface area (TPSA) is 36.4 Å². The number of hydrogen-bond donors (Lipinski definition) is 1. The minimum atomic E-state index is -0.325. The van der Waals surface area contributed by atoms with Gasteiger partial charge in [0.05, 0.1) is 30.0 Å². The van der Waals surface area contributed by atoms with Crippen molar-refractivity contribution in [2.75, 3.05) is 11.9 Å². The van der Waals surface area contributed by atoms with Gasteiger partial charge in [-0.05, 0) is 17.7 Å². The Morgan fingerprint density at radius 2 is 2.29 bits per heavy atom. The van der Waals surface area contributed by atoms with Crippen LogP contribution in [0.2, 0.25) is 0 Å². The second kappa shape index (κ2) is 5.25. The Labute approximate surface area is 103 Å². The van der Waals surface area contributed by atoms with E-state index < -0.39 is 0 Å². The SMILES string of the molecule is CN(Cc1cscn1)c1ccc(CO)cc1F. The number of aliphatic hydroxyl groups excluding tert-OH is 1. The predicted octanol–water partition coefficient (Wildman–Crippen LogP) is 2.41. The minimum absolute atomic E-state index is 0.146. The van der Waals surface area contributed by atoms with Crippen molar-refractivity contribution in [1.82, 2.24) is 4.98 Å². The number of halogens is 1. The van der Waals surface area contributed by atoms with Crippen molar-refractivity contribution in [2.24, 2.45) is 0 Å². The molecule has 0 aliphatic heterocycles. The first-order valence-corrected chi connectivity index (χ1v) is 6.12. The lowest BCUT2D eigenvalue weighted by atomic mass is 10.2. The first-order chi connectivity index (χ1) is 8.20. The van der Waals surface area contributed by atoms with Crippen LogP contribution in [0.4, 0.5) is 10.1 Å². The van der Waals surface area contributed by atoms with Gasteiger partial charge in [0.1, 0.15) is 5.82 Å². The molecule has 1 N–H and O–H groups in total. The van der Waals surface area contributed by atoms with Crippen molar-refractivity contribution in [3.05, 3.63) is 46.2 Å². The zero-order valence-electron chi connectivity index (χ0n) is 9.43. The Morgan fingerprint density at radius 1 is 1.47 bits per heavy atom. The van der Waals surface area contributed by atoms with Gasteiger partial charge in [0.25, 0.3) is 0 Å². The fraction of sp³-hybridized carbons (Fsp3) is 0.250. The van der Waals surface area contributed by atoms with Gasteiger partial charge in [-0.3, -0.25) is 0 Å². The molecule has 0 bridgehead atoms. The van der Waals surface area contributed by atoms with Gasteiger partial charge < -0.3 is 10.0 Å². The van der Waals surface area contributed by atoms with Crippen molar-refractivity contribution in [1.29, 1.82) is 0 Å². The number of thiazole rings is 1. The van der Waals surface area contributed by atoms with Crippen molar-refractivity contribution in [3.8, 4) is 0 Å². The summed E-state index contributed by atoms with van der Waals surface area (Å²) in [7, 11) is 1.82. The molecule has 2 rings (SSSR count). The van der Waals surface area contributed by atoms with E-state index in [1.54, 1.807) is 22.5 Å². The lowest BCUT2D eigenvalue weighted by Crippen LogP contribution is -2.18. The molecule has 90 valence electrons. The summed E-state index contributed by atoms with van der Waals surface area (Å²) in [5.74, 6) is -0.325. The van der Waals surface area contributed by atoms with E-state index in [1.165, 1.54) is 17.4 Å². The summed E-state index contributed by atoms with van der Waals surface area (Å²) in [5.41, 5.74) is 3.76. The van der Waals surface area contributed by atoms with Gasteiger partial charge in [-0.1, -0.05) is 6.07 Å². The van der Waals surface area contributed by atoms with Crippen LogP contribution in [0.5, 0.6) is 0 Å². The Morgan fingerprint density at radius 3 is 2.88 bits per heavy atom. The molecule has 1 aromatic carbocycles. The van der Waals surface area contributed by atoms with E-state index in [-0.39, 0.29) is 12.4 Å². The summed E-state index contributed by atoms with van der Waals surface area (Å²) in [6.07, 6.45) is 0. The average molecular weight is 252 g/mol. The van der Waals surface area contributed by atoms with E-state index in [9.17, 15) is 4.39 Å². The standard InChI is InChI=1S/C12H13FN2OS/c1-15(5-10-7-17-8-14-10)12-3-2-9(6-16)4-11(12)13/h2-4,7-8,16H,5-6H2,1H3. The zero-order chi connectivity index (χ0) is 12.3. The van der Waals surface area contributed by atoms with Gasteiger partial charge in [-0.2, -0.15) is 0 Å². The monoisotopic (exact) mass is 252 g/mol. The second-order valence-electron chi connectivity index (χ2n) is 3.78. The van der Waals surface area contributed by atoms with Crippen LogP contribution in [0.15, 0.2) is 29.1 Å². The molecule has 0 spiro atoms. The second-order valence-corrected chi connectivity index (χ2v) is 4.50. The number of aromatic nitrogens is 1. The molecule has 0 amide bonds. The lowest BCUT2D eigenvalue weighted by Gasteiger charge is -2.19. The molecule has 3 nitrogen and oxygen atoms in total. The van der Waals surface area contributed by atoms with Gasteiger partial charge in [-0.25, -0.2) is 9.37 Å².